The van der Waals surface area contributed by atoms with Gasteiger partial charge in [-0.1, -0.05) is 23.2 Å². The van der Waals surface area contributed by atoms with E-state index >= 15 is 0 Å². The van der Waals surface area contributed by atoms with E-state index < -0.39 is 11.6 Å². The Kier molecular flexibility index (Phi) is 3.56. The Hall–Kier alpha value is -0.450. The van der Waals surface area contributed by atoms with Crippen LogP contribution in [0.1, 0.15) is 12.0 Å². The number of benzene rings is 1. The second kappa shape index (κ2) is 4.58. The molecule has 0 aliphatic carbocycles. The fourth-order valence-corrected chi connectivity index (χ4v) is 2.99. The summed E-state index contributed by atoms with van der Waals surface area (Å²) >= 11 is 11.6. The van der Waals surface area contributed by atoms with Gasteiger partial charge in [0.1, 0.15) is 5.41 Å². The van der Waals surface area contributed by atoms with Crippen LogP contribution in [0.5, 0.6) is 0 Å². The Balaban J connectivity index is 2.54. The zero-order valence-corrected chi connectivity index (χ0v) is 11.2. The van der Waals surface area contributed by atoms with E-state index in [1.165, 1.54) is 18.2 Å². The molecular formula is C12H12Cl2F3N. The van der Waals surface area contributed by atoms with Crippen LogP contribution in [0.25, 0.3) is 0 Å². The minimum absolute atomic E-state index is 0.0314. The second-order valence-electron chi connectivity index (χ2n) is 4.73. The van der Waals surface area contributed by atoms with E-state index in [1.54, 1.807) is 11.9 Å². The first-order valence-electron chi connectivity index (χ1n) is 5.46. The van der Waals surface area contributed by atoms with Gasteiger partial charge in [-0.3, -0.25) is 0 Å². The van der Waals surface area contributed by atoms with Crippen molar-refractivity contribution in [1.29, 1.82) is 0 Å². The average Bonchev–Trinajstić information content (AvgIpc) is 2.59. The van der Waals surface area contributed by atoms with E-state index in [0.717, 1.165) is 0 Å². The van der Waals surface area contributed by atoms with Gasteiger partial charge < -0.3 is 4.90 Å². The highest BCUT2D eigenvalue weighted by atomic mass is 35.5. The van der Waals surface area contributed by atoms with Crippen molar-refractivity contribution in [2.24, 2.45) is 0 Å². The highest BCUT2D eigenvalue weighted by Gasteiger charge is 2.58. The summed E-state index contributed by atoms with van der Waals surface area (Å²) in [6.45, 7) is 0.344. The van der Waals surface area contributed by atoms with Crippen LogP contribution < -0.4 is 0 Å². The highest BCUT2D eigenvalue weighted by Crippen LogP contribution is 2.48. The molecule has 18 heavy (non-hydrogen) atoms. The molecule has 1 nitrogen and oxygen atoms in total. The normalized spacial score (nSPS) is 25.7. The molecule has 1 unspecified atom stereocenters. The summed E-state index contributed by atoms with van der Waals surface area (Å²) in [5, 5.41) is 0.464. The van der Waals surface area contributed by atoms with Gasteiger partial charge >= 0.3 is 6.18 Å². The molecule has 1 aromatic carbocycles. The Morgan fingerprint density at radius 1 is 1.17 bits per heavy atom. The van der Waals surface area contributed by atoms with Crippen molar-refractivity contribution in [2.75, 3.05) is 20.1 Å². The van der Waals surface area contributed by atoms with Crippen molar-refractivity contribution < 1.29 is 13.2 Å². The third kappa shape index (κ3) is 2.33. The molecule has 0 bridgehead atoms. The lowest BCUT2D eigenvalue weighted by Crippen LogP contribution is -2.44. The molecule has 1 aromatic rings. The highest BCUT2D eigenvalue weighted by molar-refractivity contribution is 6.34. The molecule has 0 amide bonds. The molecule has 100 valence electrons. The number of likely N-dealkylation sites (N-methyl/N-ethyl adjacent to an activating group) is 1. The molecule has 2 rings (SSSR count). The molecule has 0 aromatic heterocycles. The number of rotatable bonds is 1. The Labute approximate surface area is 113 Å². The lowest BCUT2D eigenvalue weighted by molar-refractivity contribution is -0.186. The van der Waals surface area contributed by atoms with E-state index in [-0.39, 0.29) is 28.6 Å². The van der Waals surface area contributed by atoms with Crippen molar-refractivity contribution >= 4 is 23.2 Å². The maximum Gasteiger partial charge on any atom is 0.399 e. The third-order valence-corrected chi connectivity index (χ3v) is 3.85. The van der Waals surface area contributed by atoms with E-state index in [1.807, 2.05) is 0 Å². The van der Waals surface area contributed by atoms with Crippen molar-refractivity contribution in [3.8, 4) is 0 Å². The lowest BCUT2D eigenvalue weighted by Gasteiger charge is -2.32. The van der Waals surface area contributed by atoms with Crippen LogP contribution in [0.15, 0.2) is 18.2 Å². The number of likely N-dealkylation sites (tertiary alicyclic amines) is 1. The van der Waals surface area contributed by atoms with Gasteiger partial charge in [0.25, 0.3) is 0 Å². The van der Waals surface area contributed by atoms with Crippen LogP contribution in [0.2, 0.25) is 10.0 Å². The summed E-state index contributed by atoms with van der Waals surface area (Å²) in [6.07, 6.45) is -4.28. The Morgan fingerprint density at radius 2 is 1.72 bits per heavy atom. The summed E-state index contributed by atoms with van der Waals surface area (Å²) in [4.78, 5) is 1.67. The molecular weight excluding hydrogens is 286 g/mol. The summed E-state index contributed by atoms with van der Waals surface area (Å²) in [6, 6.07) is 4.16. The zero-order valence-electron chi connectivity index (χ0n) is 9.69. The van der Waals surface area contributed by atoms with Crippen LogP contribution in [0, 0.1) is 0 Å². The molecule has 0 N–H and O–H groups in total. The first-order valence-corrected chi connectivity index (χ1v) is 6.22. The largest absolute Gasteiger partial charge is 0.399 e. The maximum absolute atomic E-state index is 13.4. The molecule has 0 radical (unpaired) electrons. The van der Waals surface area contributed by atoms with E-state index in [4.69, 9.17) is 23.2 Å². The van der Waals surface area contributed by atoms with Crippen LogP contribution in [-0.4, -0.2) is 31.2 Å². The van der Waals surface area contributed by atoms with Crippen molar-refractivity contribution in [2.45, 2.75) is 18.0 Å². The van der Waals surface area contributed by atoms with Gasteiger partial charge in [-0.25, -0.2) is 0 Å². The lowest BCUT2D eigenvalue weighted by atomic mass is 9.79. The predicted molar refractivity (Wildman–Crippen MR) is 66.3 cm³/mol. The van der Waals surface area contributed by atoms with Crippen LogP contribution in [0.3, 0.4) is 0 Å². The van der Waals surface area contributed by atoms with E-state index in [9.17, 15) is 13.2 Å². The fourth-order valence-electron chi connectivity index (χ4n) is 2.46. The van der Waals surface area contributed by atoms with Crippen molar-refractivity contribution in [1.82, 2.24) is 4.90 Å². The predicted octanol–water partition coefficient (Wildman–Crippen LogP) is 4.13. The molecule has 0 saturated carbocycles. The van der Waals surface area contributed by atoms with Crippen molar-refractivity contribution in [3.05, 3.63) is 33.8 Å². The van der Waals surface area contributed by atoms with Crippen LogP contribution >= 0.6 is 23.2 Å². The van der Waals surface area contributed by atoms with Gasteiger partial charge in [-0.2, -0.15) is 13.2 Å². The maximum atomic E-state index is 13.4. The smallest absolute Gasteiger partial charge is 0.305 e. The SMILES string of the molecule is CN1CCC(c2cc(Cl)cc(Cl)c2)(C(F)(F)F)C1. The van der Waals surface area contributed by atoms with E-state index in [2.05, 4.69) is 0 Å². The van der Waals surface area contributed by atoms with Crippen LogP contribution in [-0.2, 0) is 5.41 Å². The Morgan fingerprint density at radius 3 is 2.11 bits per heavy atom. The number of alkyl halides is 3. The number of hydrogen-bond acceptors (Lipinski definition) is 1. The molecule has 6 heteroatoms. The van der Waals surface area contributed by atoms with Gasteiger partial charge in [0.15, 0.2) is 0 Å². The minimum Gasteiger partial charge on any atom is -0.305 e. The van der Waals surface area contributed by atoms with Crippen molar-refractivity contribution in [3.63, 3.8) is 0 Å². The second-order valence-corrected chi connectivity index (χ2v) is 5.60. The molecule has 1 fully saturated rings. The number of hydrogen-bond donors (Lipinski definition) is 0. The molecule has 1 heterocycles. The fraction of sp³-hybridized carbons (Fsp3) is 0.500. The molecule has 1 aliphatic heterocycles. The topological polar surface area (TPSA) is 3.24 Å². The first kappa shape index (κ1) is 14.0. The van der Waals surface area contributed by atoms with Gasteiger partial charge in [0.2, 0.25) is 0 Å². The number of nitrogens with zero attached hydrogens (tertiary/aromatic N) is 1. The van der Waals surface area contributed by atoms with Gasteiger partial charge in [0, 0.05) is 16.6 Å². The van der Waals surface area contributed by atoms with E-state index in [0.29, 0.717) is 6.54 Å². The summed E-state index contributed by atoms with van der Waals surface area (Å²) in [7, 11) is 1.68. The molecule has 1 aliphatic rings. The van der Waals surface area contributed by atoms with Gasteiger partial charge in [-0.15, -0.1) is 0 Å². The zero-order chi connectivity index (χ0) is 13.6. The molecule has 1 atom stereocenters. The third-order valence-electron chi connectivity index (χ3n) is 3.42. The minimum atomic E-state index is -4.31. The summed E-state index contributed by atoms with van der Waals surface area (Å²) in [5.41, 5.74) is -1.71. The molecule has 0 spiro atoms. The monoisotopic (exact) mass is 297 g/mol. The molecule has 1 saturated heterocycles. The first-order chi connectivity index (χ1) is 8.24. The van der Waals surface area contributed by atoms with Crippen LogP contribution in [0.4, 0.5) is 13.2 Å². The standard InChI is InChI=1S/C12H12Cl2F3N/c1-18-3-2-11(7-18,12(15,16)17)8-4-9(13)6-10(14)5-8/h4-6H,2-3,7H2,1H3. The Bertz CT molecular complexity index is 441. The summed E-state index contributed by atoms with van der Waals surface area (Å²) in [5.74, 6) is 0. The average molecular weight is 298 g/mol. The number of halogens is 5. The van der Waals surface area contributed by atoms with Gasteiger partial charge in [0.05, 0.1) is 0 Å². The van der Waals surface area contributed by atoms with Gasteiger partial charge in [-0.05, 0) is 43.8 Å². The quantitative estimate of drug-likeness (QED) is 0.753. The summed E-state index contributed by atoms with van der Waals surface area (Å²) < 4.78 is 40.3.